The van der Waals surface area contributed by atoms with Gasteiger partial charge in [-0.2, -0.15) is 5.10 Å². The molecule has 1 spiro atoms. The Kier molecular flexibility index (Phi) is 3.27. The van der Waals surface area contributed by atoms with Crippen LogP contribution in [0, 0.1) is 11.3 Å². The molecule has 0 unspecified atom stereocenters. The van der Waals surface area contributed by atoms with Gasteiger partial charge < -0.3 is 14.5 Å². The molecule has 7 heteroatoms. The zero-order chi connectivity index (χ0) is 18.2. The Balaban J connectivity index is 1.62. The smallest absolute Gasteiger partial charge is 0.179 e. The Hall–Kier alpha value is -1.73. The second-order valence-corrected chi connectivity index (χ2v) is 8.82. The van der Waals surface area contributed by atoms with Crippen molar-refractivity contribution in [3.8, 4) is 11.5 Å². The van der Waals surface area contributed by atoms with Gasteiger partial charge in [0, 0.05) is 29.9 Å². The molecule has 1 saturated heterocycles. The van der Waals surface area contributed by atoms with Gasteiger partial charge in [-0.1, -0.05) is 20.8 Å². The molecule has 5 rings (SSSR count). The van der Waals surface area contributed by atoms with Gasteiger partial charge in [0.2, 0.25) is 0 Å². The maximum atomic E-state index is 6.20. The highest BCUT2D eigenvalue weighted by Gasteiger charge is 2.64. The van der Waals surface area contributed by atoms with Crippen LogP contribution in [0.25, 0.3) is 11.5 Å². The standard InChI is InChI=1S/C19H27N5O2/c1-17(2)13-6-5-12-14(16-20-11-21-22-16)24(4)23-15(12)18(13,3)7-8-19(17)25-9-10-26-19/h11,13H,5-10H2,1-4H3,(H,20,21,22)/t13-,18-/m0/s1. The van der Waals surface area contributed by atoms with Crippen molar-refractivity contribution in [3.63, 3.8) is 0 Å². The molecule has 2 fully saturated rings. The highest BCUT2D eigenvalue weighted by molar-refractivity contribution is 5.59. The van der Waals surface area contributed by atoms with Crippen LogP contribution in [-0.2, 0) is 28.4 Å². The van der Waals surface area contributed by atoms with Gasteiger partial charge in [0.05, 0.1) is 18.9 Å². The van der Waals surface area contributed by atoms with Crippen LogP contribution >= 0.6 is 0 Å². The summed E-state index contributed by atoms with van der Waals surface area (Å²) in [5, 5.41) is 13.2. The molecule has 7 nitrogen and oxygen atoms in total. The molecule has 140 valence electrons. The Labute approximate surface area is 153 Å². The summed E-state index contributed by atoms with van der Waals surface area (Å²) < 4.78 is 14.4. The molecular formula is C19H27N5O2. The van der Waals surface area contributed by atoms with Gasteiger partial charge in [0.1, 0.15) is 12.0 Å². The summed E-state index contributed by atoms with van der Waals surface area (Å²) >= 11 is 0. The largest absolute Gasteiger partial charge is 0.347 e. The van der Waals surface area contributed by atoms with Crippen LogP contribution in [0.5, 0.6) is 0 Å². The molecule has 1 N–H and O–H groups in total. The van der Waals surface area contributed by atoms with Gasteiger partial charge in [-0.25, -0.2) is 0 Å². The molecule has 3 heterocycles. The van der Waals surface area contributed by atoms with Crippen molar-refractivity contribution in [2.75, 3.05) is 13.2 Å². The first-order valence-electron chi connectivity index (χ1n) is 9.60. The average Bonchev–Trinajstić information content (AvgIpc) is 3.32. The first-order chi connectivity index (χ1) is 12.4. The molecule has 3 aliphatic rings. The number of aromatic nitrogens is 5. The summed E-state index contributed by atoms with van der Waals surface area (Å²) in [4.78, 5) is 3.15. The summed E-state index contributed by atoms with van der Waals surface area (Å²) in [6.07, 6.45) is 5.68. The Bertz CT molecular complexity index is 834. The van der Waals surface area contributed by atoms with E-state index >= 15 is 0 Å². The van der Waals surface area contributed by atoms with Crippen LogP contribution < -0.4 is 0 Å². The molecule has 2 aromatic heterocycles. The Morgan fingerprint density at radius 1 is 1.19 bits per heavy atom. The van der Waals surface area contributed by atoms with Gasteiger partial charge in [-0.05, 0) is 25.2 Å². The number of aryl methyl sites for hydroxylation is 1. The van der Waals surface area contributed by atoms with Crippen LogP contribution in [0.3, 0.4) is 0 Å². The number of fused-ring (bicyclic) bond motifs is 3. The fraction of sp³-hybridized carbons (Fsp3) is 0.737. The van der Waals surface area contributed by atoms with E-state index in [0.29, 0.717) is 19.1 Å². The summed E-state index contributed by atoms with van der Waals surface area (Å²) in [5.74, 6) is 0.834. The van der Waals surface area contributed by atoms with Crippen molar-refractivity contribution in [2.45, 2.75) is 57.7 Å². The number of aromatic amines is 1. The number of nitrogens with zero attached hydrogens (tertiary/aromatic N) is 4. The van der Waals surface area contributed by atoms with Crippen molar-refractivity contribution < 1.29 is 9.47 Å². The number of H-pyrrole nitrogens is 1. The molecule has 26 heavy (non-hydrogen) atoms. The fourth-order valence-corrected chi connectivity index (χ4v) is 6.09. The van der Waals surface area contributed by atoms with Gasteiger partial charge in [0.25, 0.3) is 0 Å². The number of ether oxygens (including phenoxy) is 2. The lowest BCUT2D eigenvalue weighted by atomic mass is 9.49. The second kappa shape index (κ2) is 5.16. The molecule has 0 amide bonds. The number of nitrogens with one attached hydrogen (secondary N) is 1. The Morgan fingerprint density at radius 3 is 2.65 bits per heavy atom. The topological polar surface area (TPSA) is 77.9 Å². The number of rotatable bonds is 1. The third-order valence-electron chi connectivity index (χ3n) is 7.36. The highest BCUT2D eigenvalue weighted by Crippen LogP contribution is 2.62. The minimum absolute atomic E-state index is 0.0215. The van der Waals surface area contributed by atoms with Crippen LogP contribution in [0.2, 0.25) is 0 Å². The summed E-state index contributed by atoms with van der Waals surface area (Å²) in [7, 11) is 2.01. The van der Waals surface area contributed by atoms with Crippen LogP contribution in [0.15, 0.2) is 6.33 Å². The van der Waals surface area contributed by atoms with Crippen LogP contribution in [0.1, 0.15) is 51.3 Å². The molecule has 0 aromatic carbocycles. The SMILES string of the molecule is Cn1nc2c(c1-c1nnc[nH]1)CC[C@H]1C(C)(C)C3(CC[C@]21C)OCCO3. The van der Waals surface area contributed by atoms with Crippen LogP contribution in [0.4, 0.5) is 0 Å². The second-order valence-electron chi connectivity index (χ2n) is 8.82. The number of hydrogen-bond donors (Lipinski definition) is 1. The summed E-state index contributed by atoms with van der Waals surface area (Å²) in [6.45, 7) is 8.45. The lowest BCUT2D eigenvalue weighted by Gasteiger charge is -2.59. The molecule has 2 aliphatic carbocycles. The van der Waals surface area contributed by atoms with E-state index in [1.807, 2.05) is 11.7 Å². The minimum Gasteiger partial charge on any atom is -0.347 e. The molecular weight excluding hydrogens is 330 g/mol. The summed E-state index contributed by atoms with van der Waals surface area (Å²) in [6, 6.07) is 0. The van der Waals surface area contributed by atoms with Gasteiger partial charge >= 0.3 is 0 Å². The molecule has 2 atom stereocenters. The normalized spacial score (nSPS) is 31.8. The summed E-state index contributed by atoms with van der Waals surface area (Å²) in [5.41, 5.74) is 3.58. The van der Waals surface area contributed by atoms with E-state index in [1.54, 1.807) is 6.33 Å². The quantitative estimate of drug-likeness (QED) is 0.849. The Morgan fingerprint density at radius 2 is 1.96 bits per heavy atom. The first kappa shape index (κ1) is 16.4. The molecule has 2 aromatic rings. The molecule has 1 aliphatic heterocycles. The third-order valence-corrected chi connectivity index (χ3v) is 7.36. The minimum atomic E-state index is -0.433. The lowest BCUT2D eigenvalue weighted by molar-refractivity contribution is -0.276. The highest BCUT2D eigenvalue weighted by atomic mass is 16.7. The lowest BCUT2D eigenvalue weighted by Crippen LogP contribution is -2.61. The van der Waals surface area contributed by atoms with E-state index in [0.717, 1.165) is 37.2 Å². The monoisotopic (exact) mass is 357 g/mol. The zero-order valence-electron chi connectivity index (χ0n) is 16.0. The third kappa shape index (κ3) is 1.88. The van der Waals surface area contributed by atoms with E-state index < -0.39 is 5.79 Å². The van der Waals surface area contributed by atoms with Crippen molar-refractivity contribution >= 4 is 0 Å². The first-order valence-corrected chi connectivity index (χ1v) is 9.60. The van der Waals surface area contributed by atoms with Crippen molar-refractivity contribution in [1.29, 1.82) is 0 Å². The number of hydrogen-bond acceptors (Lipinski definition) is 5. The molecule has 1 saturated carbocycles. The van der Waals surface area contributed by atoms with E-state index in [4.69, 9.17) is 14.6 Å². The van der Waals surface area contributed by atoms with E-state index in [-0.39, 0.29) is 10.8 Å². The maximum Gasteiger partial charge on any atom is 0.179 e. The van der Waals surface area contributed by atoms with E-state index in [1.165, 1.54) is 11.3 Å². The van der Waals surface area contributed by atoms with E-state index in [9.17, 15) is 0 Å². The average molecular weight is 357 g/mol. The van der Waals surface area contributed by atoms with Gasteiger partial charge in [-0.3, -0.25) is 4.68 Å². The van der Waals surface area contributed by atoms with Gasteiger partial charge in [0.15, 0.2) is 11.6 Å². The molecule has 0 bridgehead atoms. The van der Waals surface area contributed by atoms with Crippen LogP contribution in [-0.4, -0.2) is 44.0 Å². The zero-order valence-corrected chi connectivity index (χ0v) is 16.0. The van der Waals surface area contributed by atoms with Gasteiger partial charge in [-0.15, -0.1) is 10.2 Å². The van der Waals surface area contributed by atoms with E-state index in [2.05, 4.69) is 36.0 Å². The maximum absolute atomic E-state index is 6.20. The molecule has 0 radical (unpaired) electrons. The predicted molar refractivity (Wildman–Crippen MR) is 95.4 cm³/mol. The van der Waals surface area contributed by atoms with Crippen molar-refractivity contribution in [1.82, 2.24) is 25.0 Å². The van der Waals surface area contributed by atoms with Crippen molar-refractivity contribution in [3.05, 3.63) is 17.6 Å². The predicted octanol–water partition coefficient (Wildman–Crippen LogP) is 2.59. The fourth-order valence-electron chi connectivity index (χ4n) is 6.09. The van der Waals surface area contributed by atoms with Crippen molar-refractivity contribution in [2.24, 2.45) is 18.4 Å².